The number of pyridine rings is 2. The van der Waals surface area contributed by atoms with Crippen LogP contribution in [0.1, 0.15) is 35.2 Å². The number of likely N-dealkylation sites (tertiary alicyclic amines) is 1. The van der Waals surface area contributed by atoms with E-state index in [0.717, 1.165) is 6.54 Å². The molecule has 0 radical (unpaired) electrons. The van der Waals surface area contributed by atoms with Crippen LogP contribution in [0.2, 0.25) is 0 Å². The first-order valence-electron chi connectivity index (χ1n) is 13.6. The molecule has 3 aromatic rings. The van der Waals surface area contributed by atoms with E-state index in [1.54, 1.807) is 65.7 Å². The number of carbonyl (C=O) groups excluding carboxylic acids is 2. The number of anilines is 2. The Bertz CT molecular complexity index is 1440. The summed E-state index contributed by atoms with van der Waals surface area (Å²) in [6, 6.07) is 14.1. The second kappa shape index (κ2) is 12.6. The van der Waals surface area contributed by atoms with Crippen molar-refractivity contribution in [1.82, 2.24) is 19.8 Å². The van der Waals surface area contributed by atoms with E-state index in [0.29, 0.717) is 54.0 Å². The lowest BCUT2D eigenvalue weighted by Crippen LogP contribution is -2.29. The standard InChI is InChI=1S/C30H34N8O3/c1-37(22-9-10-22)17-4-6-26(39)38-18-14-21(19-38)35-29(32)27-24(13-16-34-28(27)31)41-23-11-7-20(8-12-23)30(40)36-25-5-2-3-15-33-25/h2-8,11-13,15-16,21-22H,9-10,14,17-19H2,1H3,(H2,31,34)(H2,32,35)(H,33,36,40)/b6-4+. The molecule has 5 rings (SSSR count). The second-order valence-electron chi connectivity index (χ2n) is 10.2. The Balaban J connectivity index is 1.21. The molecule has 1 saturated carbocycles. The molecule has 2 fully saturated rings. The molecule has 2 aliphatic rings. The molecule has 3 heterocycles. The first-order valence-corrected chi connectivity index (χ1v) is 13.6. The molecule has 11 nitrogen and oxygen atoms in total. The van der Waals surface area contributed by atoms with Crippen LogP contribution < -0.4 is 21.5 Å². The third kappa shape index (κ3) is 7.25. The SMILES string of the molecule is CN(C/C=C/C(=O)N1CCC(N=C(N)c2c(Oc3ccc(C(=O)Nc4ccccn4)cc3)ccnc2N)C1)C1CC1. The van der Waals surface area contributed by atoms with Crippen molar-refractivity contribution in [3.63, 3.8) is 0 Å². The summed E-state index contributed by atoms with van der Waals surface area (Å²) in [4.78, 5) is 42.1. The minimum Gasteiger partial charge on any atom is -0.456 e. The van der Waals surface area contributed by atoms with Gasteiger partial charge < -0.3 is 26.4 Å². The topological polar surface area (TPSA) is 152 Å². The first kappa shape index (κ1) is 27.8. The Labute approximate surface area is 238 Å². The van der Waals surface area contributed by atoms with E-state index >= 15 is 0 Å². The van der Waals surface area contributed by atoms with Gasteiger partial charge in [-0.05, 0) is 62.7 Å². The van der Waals surface area contributed by atoms with E-state index in [1.807, 2.05) is 6.08 Å². The zero-order valence-electron chi connectivity index (χ0n) is 22.9. The molecular weight excluding hydrogens is 520 g/mol. The monoisotopic (exact) mass is 554 g/mol. The zero-order valence-corrected chi connectivity index (χ0v) is 22.9. The number of nitrogens with two attached hydrogens (primary N) is 2. The average molecular weight is 555 g/mol. The van der Waals surface area contributed by atoms with Crippen molar-refractivity contribution in [1.29, 1.82) is 0 Å². The van der Waals surface area contributed by atoms with Gasteiger partial charge in [0.25, 0.3) is 5.91 Å². The first-order chi connectivity index (χ1) is 19.9. The number of amidine groups is 1. The molecule has 5 N–H and O–H groups in total. The van der Waals surface area contributed by atoms with Crippen LogP contribution in [0, 0.1) is 0 Å². The predicted octanol–water partition coefficient (Wildman–Crippen LogP) is 3.06. The van der Waals surface area contributed by atoms with Crippen molar-refractivity contribution in [3.05, 3.63) is 84.2 Å². The van der Waals surface area contributed by atoms with E-state index in [-0.39, 0.29) is 29.5 Å². The maximum atomic E-state index is 12.6. The maximum absolute atomic E-state index is 12.6. The van der Waals surface area contributed by atoms with Crippen LogP contribution in [-0.2, 0) is 4.79 Å². The summed E-state index contributed by atoms with van der Waals surface area (Å²) in [5, 5.41) is 2.75. The van der Waals surface area contributed by atoms with Gasteiger partial charge in [0, 0.05) is 55.8 Å². The molecule has 2 amide bonds. The highest BCUT2D eigenvalue weighted by Gasteiger charge is 2.27. The van der Waals surface area contributed by atoms with Crippen molar-refractivity contribution in [3.8, 4) is 11.5 Å². The number of hydrogen-bond donors (Lipinski definition) is 3. The number of amides is 2. The summed E-state index contributed by atoms with van der Waals surface area (Å²) in [6.45, 7) is 1.85. The number of nitrogens with zero attached hydrogens (tertiary/aromatic N) is 5. The predicted molar refractivity (Wildman–Crippen MR) is 158 cm³/mol. The fourth-order valence-electron chi connectivity index (χ4n) is 4.63. The minimum atomic E-state index is -0.286. The van der Waals surface area contributed by atoms with Gasteiger partial charge in [0.1, 0.15) is 34.5 Å². The Morgan fingerprint density at radius 2 is 1.93 bits per heavy atom. The lowest BCUT2D eigenvalue weighted by atomic mass is 10.2. The van der Waals surface area contributed by atoms with Crippen LogP contribution in [0.4, 0.5) is 11.6 Å². The van der Waals surface area contributed by atoms with Crippen LogP contribution in [0.5, 0.6) is 11.5 Å². The normalized spacial score (nSPS) is 17.3. The van der Waals surface area contributed by atoms with Gasteiger partial charge in [0.15, 0.2) is 0 Å². The Kier molecular flexibility index (Phi) is 8.54. The van der Waals surface area contributed by atoms with E-state index in [1.165, 1.54) is 19.0 Å². The summed E-state index contributed by atoms with van der Waals surface area (Å²) in [5.41, 5.74) is 13.4. The highest BCUT2D eigenvalue weighted by Crippen LogP contribution is 2.29. The zero-order chi connectivity index (χ0) is 28.8. The molecule has 1 aromatic carbocycles. The van der Waals surface area contributed by atoms with Gasteiger partial charge in [0.05, 0.1) is 6.04 Å². The van der Waals surface area contributed by atoms with Crippen LogP contribution in [-0.4, -0.2) is 76.2 Å². The highest BCUT2D eigenvalue weighted by molar-refractivity contribution is 6.04. The van der Waals surface area contributed by atoms with Gasteiger partial charge in [-0.15, -0.1) is 0 Å². The quantitative estimate of drug-likeness (QED) is 0.196. The molecule has 1 aliphatic heterocycles. The number of carbonyl (C=O) groups is 2. The summed E-state index contributed by atoms with van der Waals surface area (Å²) >= 11 is 0. The fraction of sp³-hybridized carbons (Fsp3) is 0.300. The maximum Gasteiger partial charge on any atom is 0.256 e. The number of nitrogen functional groups attached to an aromatic ring is 1. The molecule has 41 heavy (non-hydrogen) atoms. The lowest BCUT2D eigenvalue weighted by molar-refractivity contribution is -0.125. The number of rotatable bonds is 10. The molecule has 11 heteroatoms. The molecule has 2 aromatic heterocycles. The summed E-state index contributed by atoms with van der Waals surface area (Å²) < 4.78 is 6.07. The Hall–Kier alpha value is -4.77. The van der Waals surface area contributed by atoms with E-state index in [4.69, 9.17) is 16.2 Å². The number of benzene rings is 1. The average Bonchev–Trinajstić information content (AvgIpc) is 3.72. The fourth-order valence-corrected chi connectivity index (χ4v) is 4.63. The van der Waals surface area contributed by atoms with Crippen molar-refractivity contribution >= 4 is 29.3 Å². The van der Waals surface area contributed by atoms with Gasteiger partial charge >= 0.3 is 0 Å². The number of aromatic nitrogens is 2. The number of hydrogen-bond acceptors (Lipinski definition) is 8. The smallest absolute Gasteiger partial charge is 0.256 e. The van der Waals surface area contributed by atoms with Gasteiger partial charge in [-0.3, -0.25) is 19.5 Å². The molecule has 1 saturated heterocycles. The third-order valence-corrected chi connectivity index (χ3v) is 7.07. The largest absolute Gasteiger partial charge is 0.456 e. The van der Waals surface area contributed by atoms with Gasteiger partial charge in [-0.25, -0.2) is 9.97 Å². The summed E-state index contributed by atoms with van der Waals surface area (Å²) in [7, 11) is 2.08. The summed E-state index contributed by atoms with van der Waals surface area (Å²) in [5.74, 6) is 1.40. The Morgan fingerprint density at radius 1 is 1.12 bits per heavy atom. The van der Waals surface area contributed by atoms with Gasteiger partial charge in [-0.1, -0.05) is 12.1 Å². The summed E-state index contributed by atoms with van der Waals surface area (Å²) in [6.07, 6.45) is 9.86. The molecule has 1 atom stereocenters. The highest BCUT2D eigenvalue weighted by atomic mass is 16.5. The van der Waals surface area contributed by atoms with Crippen molar-refractivity contribution in [2.24, 2.45) is 10.7 Å². The Morgan fingerprint density at radius 3 is 2.66 bits per heavy atom. The lowest BCUT2D eigenvalue weighted by Gasteiger charge is -2.15. The number of ether oxygens (including phenoxy) is 1. The van der Waals surface area contributed by atoms with Gasteiger partial charge in [-0.2, -0.15) is 0 Å². The van der Waals surface area contributed by atoms with E-state index < -0.39 is 0 Å². The van der Waals surface area contributed by atoms with Crippen molar-refractivity contribution in [2.75, 3.05) is 37.7 Å². The molecule has 1 unspecified atom stereocenters. The molecule has 212 valence electrons. The number of aliphatic imine (C=N–C) groups is 1. The molecule has 1 aliphatic carbocycles. The molecular formula is C30H34N8O3. The van der Waals surface area contributed by atoms with Crippen LogP contribution in [0.15, 0.2) is 78.1 Å². The number of likely N-dealkylation sites (N-methyl/N-ethyl adjacent to an activating group) is 1. The van der Waals surface area contributed by atoms with Crippen molar-refractivity contribution < 1.29 is 14.3 Å². The molecule has 0 spiro atoms. The second-order valence-corrected chi connectivity index (χ2v) is 10.2. The number of nitrogens with one attached hydrogen (secondary N) is 1. The van der Waals surface area contributed by atoms with Crippen LogP contribution >= 0.6 is 0 Å². The molecule has 0 bridgehead atoms. The van der Waals surface area contributed by atoms with Gasteiger partial charge in [0.2, 0.25) is 5.91 Å². The van der Waals surface area contributed by atoms with E-state index in [2.05, 4.69) is 32.2 Å². The van der Waals surface area contributed by atoms with Crippen molar-refractivity contribution in [2.45, 2.75) is 31.3 Å². The van der Waals surface area contributed by atoms with E-state index in [9.17, 15) is 9.59 Å². The minimum absolute atomic E-state index is 0.0208. The van der Waals surface area contributed by atoms with Crippen LogP contribution in [0.3, 0.4) is 0 Å². The van der Waals surface area contributed by atoms with Crippen LogP contribution in [0.25, 0.3) is 0 Å². The third-order valence-electron chi connectivity index (χ3n) is 7.07.